The molecule has 10 heteroatoms. The summed E-state index contributed by atoms with van der Waals surface area (Å²) in [7, 11) is 6.16. The van der Waals surface area contributed by atoms with Gasteiger partial charge in [0.1, 0.15) is 11.4 Å². The molecule has 0 bridgehead atoms. The molecule has 1 amide bonds. The number of phenolic OH excluding ortho intramolecular Hbond substituents is 1. The number of thiophene rings is 1. The molecule has 0 radical (unpaired) electrons. The molecule has 3 N–H and O–H groups in total. The van der Waals surface area contributed by atoms with Crippen LogP contribution in [0.1, 0.15) is 34.6 Å². The summed E-state index contributed by atoms with van der Waals surface area (Å²) in [5.41, 5.74) is -0.533. The zero-order chi connectivity index (χ0) is 23.6. The van der Waals surface area contributed by atoms with E-state index in [-0.39, 0.29) is 40.3 Å². The predicted octanol–water partition coefficient (Wildman–Crippen LogP) is 2.86. The molecule has 3 aromatic rings. The van der Waals surface area contributed by atoms with Gasteiger partial charge in [-0.25, -0.2) is 9.36 Å². The molecular formula is C22H27N5O4S. The normalized spacial score (nSPS) is 11.8. The number of nitrogens with zero attached hydrogens (tertiary/aromatic N) is 3. The van der Waals surface area contributed by atoms with Crippen molar-refractivity contribution in [2.45, 2.75) is 19.4 Å². The van der Waals surface area contributed by atoms with Crippen LogP contribution in [0.15, 0.2) is 45.3 Å². The summed E-state index contributed by atoms with van der Waals surface area (Å²) in [6.07, 6.45) is 0.691. The average molecular weight is 458 g/mol. The fourth-order valence-corrected chi connectivity index (χ4v) is 4.15. The van der Waals surface area contributed by atoms with E-state index in [9.17, 15) is 19.5 Å². The van der Waals surface area contributed by atoms with Crippen LogP contribution < -0.4 is 21.8 Å². The van der Waals surface area contributed by atoms with Crippen molar-refractivity contribution in [2.75, 3.05) is 24.7 Å². The quantitative estimate of drug-likeness (QED) is 0.471. The minimum absolute atomic E-state index is 0.00430. The topological polar surface area (TPSA) is 109 Å². The highest BCUT2D eigenvalue weighted by Gasteiger charge is 2.22. The summed E-state index contributed by atoms with van der Waals surface area (Å²) >= 11 is 1.56. The number of benzene rings is 1. The molecule has 0 unspecified atom stereocenters. The largest absolute Gasteiger partial charge is 0.505 e. The molecule has 0 saturated carbocycles. The Morgan fingerprint density at radius 1 is 1.09 bits per heavy atom. The molecule has 32 heavy (non-hydrogen) atoms. The van der Waals surface area contributed by atoms with Gasteiger partial charge in [0, 0.05) is 33.1 Å². The van der Waals surface area contributed by atoms with Gasteiger partial charge in [-0.3, -0.25) is 14.4 Å². The first-order valence-electron chi connectivity index (χ1n) is 10.1. The molecule has 2 aromatic heterocycles. The molecule has 0 spiro atoms. The van der Waals surface area contributed by atoms with Gasteiger partial charge in [-0.05, 0) is 30.0 Å². The summed E-state index contributed by atoms with van der Waals surface area (Å²) in [6.45, 7) is 1.98. The second-order valence-electron chi connectivity index (χ2n) is 7.55. The van der Waals surface area contributed by atoms with E-state index in [0.717, 1.165) is 4.88 Å². The van der Waals surface area contributed by atoms with Gasteiger partial charge in [0.25, 0.3) is 17.0 Å². The lowest BCUT2D eigenvalue weighted by Gasteiger charge is -2.22. The van der Waals surface area contributed by atoms with Crippen molar-refractivity contribution >= 4 is 34.3 Å². The Labute approximate surface area is 189 Å². The molecule has 9 nitrogen and oxygen atoms in total. The van der Waals surface area contributed by atoms with Gasteiger partial charge in [0.05, 0.1) is 17.3 Å². The first kappa shape index (κ1) is 23.1. The number of aromatic nitrogens is 2. The fourth-order valence-electron chi connectivity index (χ4n) is 3.29. The SMILES string of the molecule is CC[C@@H](Nc1c(Nc2cccc(C(=O)N(C)C)c2O)c(=O)n(C)n(C)c1=O)c1cccs1. The molecule has 0 saturated heterocycles. The summed E-state index contributed by atoms with van der Waals surface area (Å²) in [5.74, 6) is -0.685. The van der Waals surface area contributed by atoms with Crippen LogP contribution in [-0.4, -0.2) is 39.4 Å². The second kappa shape index (κ2) is 9.31. The Bertz CT molecular complexity index is 1240. The highest BCUT2D eigenvalue weighted by atomic mass is 32.1. The third kappa shape index (κ3) is 4.26. The number of hydrogen-bond acceptors (Lipinski definition) is 7. The molecule has 2 heterocycles. The van der Waals surface area contributed by atoms with Gasteiger partial charge >= 0.3 is 0 Å². The summed E-state index contributed by atoms with van der Waals surface area (Å²) < 4.78 is 2.41. The maximum atomic E-state index is 13.1. The van der Waals surface area contributed by atoms with E-state index in [1.807, 2.05) is 24.4 Å². The monoisotopic (exact) mass is 457 g/mol. The lowest BCUT2D eigenvalue weighted by Crippen LogP contribution is -2.38. The Morgan fingerprint density at radius 3 is 2.31 bits per heavy atom. The standard InChI is InChI=1S/C22H27N5O4S/c1-6-14(16-11-8-12-32-16)23-17-18(22(31)27(5)26(4)21(17)30)24-15-10-7-9-13(19(15)28)20(29)25(2)3/h7-12,14,23-24,28H,6H2,1-5H3/t14-/m1/s1. The summed E-state index contributed by atoms with van der Waals surface area (Å²) in [6, 6.07) is 8.35. The van der Waals surface area contributed by atoms with Crippen molar-refractivity contribution < 1.29 is 9.90 Å². The van der Waals surface area contributed by atoms with Crippen molar-refractivity contribution in [3.8, 4) is 5.75 Å². The van der Waals surface area contributed by atoms with E-state index in [1.54, 1.807) is 37.6 Å². The smallest absolute Gasteiger partial charge is 0.290 e. The van der Waals surface area contributed by atoms with Crippen LogP contribution in [0, 0.1) is 0 Å². The Kier molecular flexibility index (Phi) is 6.73. The van der Waals surface area contributed by atoms with Crippen molar-refractivity contribution in [2.24, 2.45) is 14.1 Å². The van der Waals surface area contributed by atoms with Crippen LogP contribution in [0.2, 0.25) is 0 Å². The van der Waals surface area contributed by atoms with Crippen molar-refractivity contribution in [3.05, 3.63) is 66.9 Å². The zero-order valence-electron chi connectivity index (χ0n) is 18.7. The van der Waals surface area contributed by atoms with E-state index >= 15 is 0 Å². The van der Waals surface area contributed by atoms with Crippen LogP contribution in [0.25, 0.3) is 0 Å². The molecule has 0 aliphatic heterocycles. The van der Waals surface area contributed by atoms with E-state index in [0.29, 0.717) is 6.42 Å². The second-order valence-corrected chi connectivity index (χ2v) is 8.53. The third-order valence-electron chi connectivity index (χ3n) is 5.26. The number of carbonyl (C=O) groups excluding carboxylic acids is 1. The van der Waals surface area contributed by atoms with E-state index < -0.39 is 11.1 Å². The molecule has 0 aliphatic rings. The lowest BCUT2D eigenvalue weighted by atomic mass is 10.1. The molecule has 170 valence electrons. The van der Waals surface area contributed by atoms with Crippen LogP contribution >= 0.6 is 11.3 Å². The number of nitrogens with one attached hydrogen (secondary N) is 2. The van der Waals surface area contributed by atoms with Gasteiger partial charge in [-0.2, -0.15) is 0 Å². The molecule has 1 aromatic carbocycles. The number of phenols is 1. The van der Waals surface area contributed by atoms with Gasteiger partial charge in [-0.15, -0.1) is 11.3 Å². The van der Waals surface area contributed by atoms with Gasteiger partial charge in [0.2, 0.25) is 0 Å². The van der Waals surface area contributed by atoms with Crippen molar-refractivity contribution in [1.29, 1.82) is 0 Å². The van der Waals surface area contributed by atoms with Gasteiger partial charge < -0.3 is 20.6 Å². The van der Waals surface area contributed by atoms with Gasteiger partial charge in [0.15, 0.2) is 5.75 Å². The summed E-state index contributed by atoms with van der Waals surface area (Å²) in [5, 5.41) is 18.8. The number of para-hydroxylation sites is 1. The number of hydrogen-bond donors (Lipinski definition) is 3. The predicted molar refractivity (Wildman–Crippen MR) is 127 cm³/mol. The Balaban J connectivity index is 2.13. The first-order chi connectivity index (χ1) is 15.2. The lowest BCUT2D eigenvalue weighted by molar-refractivity contribution is 0.0824. The minimum atomic E-state index is -0.459. The van der Waals surface area contributed by atoms with E-state index in [2.05, 4.69) is 10.6 Å². The summed E-state index contributed by atoms with van der Waals surface area (Å²) in [4.78, 5) is 41.0. The molecular weight excluding hydrogens is 430 g/mol. The molecule has 3 rings (SSSR count). The number of aromatic hydroxyl groups is 1. The number of carbonyl (C=O) groups is 1. The average Bonchev–Trinajstić information content (AvgIpc) is 3.31. The van der Waals surface area contributed by atoms with Crippen LogP contribution in [-0.2, 0) is 14.1 Å². The minimum Gasteiger partial charge on any atom is -0.505 e. The van der Waals surface area contributed by atoms with Crippen LogP contribution in [0.4, 0.5) is 17.1 Å². The highest BCUT2D eigenvalue weighted by molar-refractivity contribution is 7.10. The number of rotatable bonds is 7. The number of amides is 1. The Hall–Kier alpha value is -3.53. The number of anilines is 3. The maximum Gasteiger partial charge on any atom is 0.290 e. The molecule has 1 atom stereocenters. The van der Waals surface area contributed by atoms with E-state index in [4.69, 9.17) is 0 Å². The van der Waals surface area contributed by atoms with Crippen LogP contribution in [0.5, 0.6) is 5.75 Å². The molecule has 0 fully saturated rings. The maximum absolute atomic E-state index is 13.1. The van der Waals surface area contributed by atoms with E-state index in [1.165, 1.54) is 34.4 Å². The van der Waals surface area contributed by atoms with Crippen molar-refractivity contribution in [1.82, 2.24) is 14.3 Å². The van der Waals surface area contributed by atoms with Gasteiger partial charge in [-0.1, -0.05) is 19.1 Å². The third-order valence-corrected chi connectivity index (χ3v) is 6.25. The first-order valence-corrected chi connectivity index (χ1v) is 11.0. The fraction of sp³-hybridized carbons (Fsp3) is 0.318. The Morgan fingerprint density at radius 2 is 1.75 bits per heavy atom. The highest BCUT2D eigenvalue weighted by Crippen LogP contribution is 2.33. The van der Waals surface area contributed by atoms with Crippen molar-refractivity contribution in [3.63, 3.8) is 0 Å². The molecule has 0 aliphatic carbocycles. The van der Waals surface area contributed by atoms with Crippen LogP contribution in [0.3, 0.4) is 0 Å². The zero-order valence-corrected chi connectivity index (χ0v) is 19.5.